The summed E-state index contributed by atoms with van der Waals surface area (Å²) < 4.78 is 0. The van der Waals surface area contributed by atoms with Crippen molar-refractivity contribution in [2.24, 2.45) is 0 Å². The lowest BCUT2D eigenvalue weighted by molar-refractivity contribution is -0.384. The van der Waals surface area contributed by atoms with Crippen LogP contribution in [0, 0.1) is 17.0 Å². The van der Waals surface area contributed by atoms with Gasteiger partial charge in [0.1, 0.15) is 0 Å². The van der Waals surface area contributed by atoms with Gasteiger partial charge in [-0.15, -0.1) is 0 Å². The molecule has 0 heterocycles. The van der Waals surface area contributed by atoms with Crippen molar-refractivity contribution in [2.45, 2.75) is 19.9 Å². The van der Waals surface area contributed by atoms with Gasteiger partial charge in [-0.1, -0.05) is 35.9 Å². The Hall–Kier alpha value is -2.69. The molecule has 0 aromatic heterocycles. The summed E-state index contributed by atoms with van der Waals surface area (Å²) in [5, 5.41) is 13.6. The number of carbonyl (C=O) groups excluding carboxylic acids is 1. The summed E-state index contributed by atoms with van der Waals surface area (Å²) in [5.74, 6) is -0.327. The fraction of sp³-hybridized carbons (Fsp3) is 0.188. The molecule has 0 aliphatic heterocycles. The quantitative estimate of drug-likeness (QED) is 0.691. The Kier molecular flexibility index (Phi) is 4.33. The number of nitrogens with one attached hydrogen (secondary N) is 1. The molecule has 5 heteroatoms. The van der Waals surface area contributed by atoms with E-state index in [4.69, 9.17) is 0 Å². The summed E-state index contributed by atoms with van der Waals surface area (Å²) in [6.07, 6.45) is 0. The lowest BCUT2D eigenvalue weighted by Gasteiger charge is -2.14. The van der Waals surface area contributed by atoms with Crippen molar-refractivity contribution in [1.82, 2.24) is 5.32 Å². The normalized spacial score (nSPS) is 11.7. The fourth-order valence-electron chi connectivity index (χ4n) is 1.98. The topological polar surface area (TPSA) is 72.2 Å². The van der Waals surface area contributed by atoms with E-state index < -0.39 is 4.92 Å². The Labute approximate surface area is 122 Å². The third-order valence-corrected chi connectivity index (χ3v) is 3.24. The van der Waals surface area contributed by atoms with Crippen molar-refractivity contribution in [1.29, 1.82) is 0 Å². The lowest BCUT2D eigenvalue weighted by Crippen LogP contribution is -2.26. The number of nitro benzene ring substituents is 1. The van der Waals surface area contributed by atoms with E-state index in [1.54, 1.807) is 6.07 Å². The summed E-state index contributed by atoms with van der Waals surface area (Å²) in [4.78, 5) is 22.3. The van der Waals surface area contributed by atoms with E-state index in [1.807, 2.05) is 38.1 Å². The molecule has 0 aliphatic rings. The predicted molar refractivity (Wildman–Crippen MR) is 80.2 cm³/mol. The Balaban J connectivity index is 2.12. The number of hydrogen-bond donors (Lipinski definition) is 1. The van der Waals surface area contributed by atoms with Crippen LogP contribution < -0.4 is 5.32 Å². The van der Waals surface area contributed by atoms with Gasteiger partial charge in [-0.2, -0.15) is 0 Å². The second-order valence-corrected chi connectivity index (χ2v) is 4.91. The summed E-state index contributed by atoms with van der Waals surface area (Å²) >= 11 is 0. The number of hydrogen-bond acceptors (Lipinski definition) is 3. The monoisotopic (exact) mass is 284 g/mol. The van der Waals surface area contributed by atoms with Crippen LogP contribution in [-0.4, -0.2) is 10.8 Å². The molecule has 108 valence electrons. The highest BCUT2D eigenvalue weighted by Gasteiger charge is 2.14. The van der Waals surface area contributed by atoms with E-state index in [2.05, 4.69) is 5.32 Å². The predicted octanol–water partition coefficient (Wildman–Crippen LogP) is 3.39. The number of carbonyl (C=O) groups is 1. The maximum atomic E-state index is 12.1. The maximum absolute atomic E-state index is 12.1. The largest absolute Gasteiger partial charge is 0.346 e. The highest BCUT2D eigenvalue weighted by molar-refractivity contribution is 5.95. The number of nitro groups is 1. The van der Waals surface area contributed by atoms with Crippen molar-refractivity contribution >= 4 is 11.6 Å². The molecule has 2 aromatic rings. The van der Waals surface area contributed by atoms with Gasteiger partial charge >= 0.3 is 0 Å². The first-order valence-electron chi connectivity index (χ1n) is 6.59. The van der Waals surface area contributed by atoms with Gasteiger partial charge in [0.15, 0.2) is 0 Å². The van der Waals surface area contributed by atoms with Crippen molar-refractivity contribution in [3.05, 3.63) is 75.3 Å². The summed E-state index contributed by atoms with van der Waals surface area (Å²) in [7, 11) is 0. The summed E-state index contributed by atoms with van der Waals surface area (Å²) in [6.45, 7) is 3.87. The van der Waals surface area contributed by atoms with E-state index in [-0.39, 0.29) is 23.2 Å². The number of amides is 1. The van der Waals surface area contributed by atoms with Gasteiger partial charge < -0.3 is 5.32 Å². The molecule has 0 spiro atoms. The fourth-order valence-corrected chi connectivity index (χ4v) is 1.98. The summed E-state index contributed by atoms with van der Waals surface area (Å²) in [6, 6.07) is 13.4. The van der Waals surface area contributed by atoms with Crippen molar-refractivity contribution < 1.29 is 9.72 Å². The van der Waals surface area contributed by atoms with Gasteiger partial charge in [0.05, 0.1) is 11.0 Å². The second-order valence-electron chi connectivity index (χ2n) is 4.91. The molecule has 0 saturated heterocycles. The van der Waals surface area contributed by atoms with Crippen molar-refractivity contribution in [3.63, 3.8) is 0 Å². The third-order valence-electron chi connectivity index (χ3n) is 3.24. The number of rotatable bonds is 4. The maximum Gasteiger partial charge on any atom is 0.270 e. The molecule has 0 bridgehead atoms. The Morgan fingerprint density at radius 2 is 1.86 bits per heavy atom. The molecule has 2 rings (SSSR count). The number of aryl methyl sites for hydroxylation is 1. The molecular formula is C16H16N2O3. The molecule has 0 saturated carbocycles. The van der Waals surface area contributed by atoms with Crippen LogP contribution in [0.1, 0.15) is 34.5 Å². The SMILES string of the molecule is Cc1ccc([C@H](C)NC(=O)c2cccc([N+](=O)[O-])c2)cc1. The Bertz CT molecular complexity index is 665. The van der Waals surface area contributed by atoms with Crippen LogP contribution in [0.25, 0.3) is 0 Å². The first kappa shape index (κ1) is 14.7. The minimum Gasteiger partial charge on any atom is -0.346 e. The number of nitrogens with zero attached hydrogens (tertiary/aromatic N) is 1. The molecule has 1 N–H and O–H groups in total. The zero-order valence-electron chi connectivity index (χ0n) is 11.9. The second kappa shape index (κ2) is 6.17. The van der Waals surface area contributed by atoms with Crippen molar-refractivity contribution in [2.75, 3.05) is 0 Å². The number of benzene rings is 2. The van der Waals surface area contributed by atoms with Gasteiger partial charge in [-0.25, -0.2) is 0 Å². The minimum absolute atomic E-state index is 0.0920. The average Bonchev–Trinajstić information content (AvgIpc) is 2.48. The Morgan fingerprint density at radius 1 is 1.19 bits per heavy atom. The standard InChI is InChI=1S/C16H16N2O3/c1-11-6-8-13(9-7-11)12(2)17-16(19)14-4-3-5-15(10-14)18(20)21/h3-10,12H,1-2H3,(H,17,19)/t12-/m0/s1. The first-order valence-corrected chi connectivity index (χ1v) is 6.59. The third kappa shape index (κ3) is 3.66. The van der Waals surface area contributed by atoms with E-state index in [0.29, 0.717) is 0 Å². The van der Waals surface area contributed by atoms with Gasteiger partial charge in [-0.3, -0.25) is 14.9 Å². The van der Waals surface area contributed by atoms with E-state index in [0.717, 1.165) is 11.1 Å². The van der Waals surface area contributed by atoms with Crippen LogP contribution in [0.2, 0.25) is 0 Å². The van der Waals surface area contributed by atoms with Crippen LogP contribution in [0.5, 0.6) is 0 Å². The van der Waals surface area contributed by atoms with E-state index in [9.17, 15) is 14.9 Å². The lowest BCUT2D eigenvalue weighted by atomic mass is 10.1. The Morgan fingerprint density at radius 3 is 2.48 bits per heavy atom. The molecule has 1 amide bonds. The minimum atomic E-state index is -0.514. The van der Waals surface area contributed by atoms with Crippen LogP contribution >= 0.6 is 0 Å². The molecule has 0 radical (unpaired) electrons. The van der Waals surface area contributed by atoms with E-state index >= 15 is 0 Å². The highest BCUT2D eigenvalue weighted by atomic mass is 16.6. The highest BCUT2D eigenvalue weighted by Crippen LogP contribution is 2.16. The molecular weight excluding hydrogens is 268 g/mol. The van der Waals surface area contributed by atoms with Crippen molar-refractivity contribution in [3.8, 4) is 0 Å². The van der Waals surface area contributed by atoms with Crippen LogP contribution in [0.3, 0.4) is 0 Å². The molecule has 21 heavy (non-hydrogen) atoms. The zero-order valence-corrected chi connectivity index (χ0v) is 11.9. The zero-order chi connectivity index (χ0) is 15.4. The average molecular weight is 284 g/mol. The summed E-state index contributed by atoms with van der Waals surface area (Å²) in [5.41, 5.74) is 2.32. The molecule has 1 atom stereocenters. The number of non-ortho nitro benzene ring substituents is 1. The molecule has 2 aromatic carbocycles. The van der Waals surface area contributed by atoms with Crippen LogP contribution in [0.4, 0.5) is 5.69 Å². The van der Waals surface area contributed by atoms with Gasteiger partial charge in [-0.05, 0) is 25.5 Å². The van der Waals surface area contributed by atoms with Gasteiger partial charge in [0.25, 0.3) is 11.6 Å². The smallest absolute Gasteiger partial charge is 0.270 e. The van der Waals surface area contributed by atoms with Crippen LogP contribution in [-0.2, 0) is 0 Å². The van der Waals surface area contributed by atoms with Gasteiger partial charge in [0, 0.05) is 17.7 Å². The first-order chi connectivity index (χ1) is 9.97. The van der Waals surface area contributed by atoms with Crippen LogP contribution in [0.15, 0.2) is 48.5 Å². The molecule has 0 unspecified atom stereocenters. The van der Waals surface area contributed by atoms with Gasteiger partial charge in [0.2, 0.25) is 0 Å². The van der Waals surface area contributed by atoms with E-state index in [1.165, 1.54) is 18.2 Å². The molecule has 5 nitrogen and oxygen atoms in total. The molecule has 0 aliphatic carbocycles. The molecule has 0 fully saturated rings.